The maximum Gasteiger partial charge on any atom is 0.224 e. The predicted octanol–water partition coefficient (Wildman–Crippen LogP) is 4.35. The van der Waals surface area contributed by atoms with Crippen molar-refractivity contribution in [3.05, 3.63) is 63.1 Å². The number of ether oxygens (including phenoxy) is 1. The minimum Gasteiger partial charge on any atom is -0.491 e. The first-order chi connectivity index (χ1) is 15.2. The average molecular weight is 499 g/mol. The van der Waals surface area contributed by atoms with Gasteiger partial charge >= 0.3 is 0 Å². The first kappa shape index (κ1) is 24.8. The van der Waals surface area contributed by atoms with E-state index in [2.05, 4.69) is 5.32 Å². The fourth-order valence-electron chi connectivity index (χ4n) is 3.71. The third-order valence-corrected chi connectivity index (χ3v) is 8.23. The lowest BCUT2D eigenvalue weighted by atomic mass is 9.99. The second-order valence-corrected chi connectivity index (χ2v) is 10.8. The van der Waals surface area contributed by atoms with Gasteiger partial charge in [-0.05, 0) is 56.0 Å². The number of amides is 1. The summed E-state index contributed by atoms with van der Waals surface area (Å²) in [5.74, 6) is -0.0533. The molecule has 0 unspecified atom stereocenters. The van der Waals surface area contributed by atoms with E-state index in [9.17, 15) is 13.2 Å². The minimum atomic E-state index is -3.66. The molecule has 3 rings (SSSR count). The van der Waals surface area contributed by atoms with E-state index >= 15 is 0 Å². The number of hydrogen-bond donors (Lipinski definition) is 1. The smallest absolute Gasteiger partial charge is 0.224 e. The van der Waals surface area contributed by atoms with E-state index in [4.69, 9.17) is 27.9 Å². The third-order valence-electron chi connectivity index (χ3n) is 5.75. The van der Waals surface area contributed by atoms with E-state index in [-0.39, 0.29) is 18.2 Å². The number of halogens is 2. The molecule has 2 aromatic rings. The highest BCUT2D eigenvalue weighted by Crippen LogP contribution is 2.29. The Hall–Kier alpha value is -1.80. The monoisotopic (exact) mass is 498 g/mol. The first-order valence-corrected chi connectivity index (χ1v) is 12.9. The van der Waals surface area contributed by atoms with Crippen LogP contribution >= 0.6 is 23.2 Å². The summed E-state index contributed by atoms with van der Waals surface area (Å²) in [7, 11) is -3.66. The molecule has 1 N–H and O–H groups in total. The van der Waals surface area contributed by atoms with Crippen molar-refractivity contribution in [2.45, 2.75) is 32.4 Å². The summed E-state index contributed by atoms with van der Waals surface area (Å²) in [6.07, 6.45) is 1.26. The summed E-state index contributed by atoms with van der Waals surface area (Å²) >= 11 is 12.3. The zero-order chi connectivity index (χ0) is 23.3. The van der Waals surface area contributed by atoms with Crippen molar-refractivity contribution in [2.24, 2.45) is 5.92 Å². The van der Waals surface area contributed by atoms with E-state index in [0.717, 1.165) is 16.9 Å². The maximum atomic E-state index is 13.0. The molecule has 0 aliphatic carbocycles. The second kappa shape index (κ2) is 10.9. The Morgan fingerprint density at radius 3 is 2.56 bits per heavy atom. The number of hydrogen-bond acceptors (Lipinski definition) is 4. The zero-order valence-corrected chi connectivity index (χ0v) is 20.6. The Balaban J connectivity index is 1.53. The second-order valence-electron chi connectivity index (χ2n) is 7.99. The lowest BCUT2D eigenvalue weighted by Gasteiger charge is -2.31. The SMILES string of the molecule is Cc1cccc(OCCNC(=O)[C@H]2CCCN(S(=O)(=O)Cc3c(Cl)cccc3Cl)C2)c1C. The molecule has 1 saturated heterocycles. The molecular weight excluding hydrogens is 471 g/mol. The molecule has 0 saturated carbocycles. The summed E-state index contributed by atoms with van der Waals surface area (Å²) in [4.78, 5) is 12.6. The molecule has 1 aliphatic heterocycles. The number of piperidine rings is 1. The maximum absolute atomic E-state index is 13.0. The lowest BCUT2D eigenvalue weighted by molar-refractivity contribution is -0.126. The highest BCUT2D eigenvalue weighted by atomic mass is 35.5. The topological polar surface area (TPSA) is 75.7 Å². The highest BCUT2D eigenvalue weighted by Gasteiger charge is 2.33. The molecule has 1 atom stereocenters. The van der Waals surface area contributed by atoms with Crippen LogP contribution in [-0.2, 0) is 20.6 Å². The number of rotatable bonds is 8. The van der Waals surface area contributed by atoms with Gasteiger partial charge in [0.25, 0.3) is 0 Å². The summed E-state index contributed by atoms with van der Waals surface area (Å²) in [6, 6.07) is 10.8. The van der Waals surface area contributed by atoms with Gasteiger partial charge in [0, 0.05) is 28.7 Å². The number of sulfonamides is 1. The average Bonchev–Trinajstić information content (AvgIpc) is 2.76. The zero-order valence-electron chi connectivity index (χ0n) is 18.2. The number of carbonyl (C=O) groups excluding carboxylic acids is 1. The Morgan fingerprint density at radius 2 is 1.84 bits per heavy atom. The standard InChI is InChI=1S/C23H28Cl2N2O4S/c1-16-6-3-10-22(17(16)2)31-13-11-26-23(28)18-7-5-12-27(14-18)32(29,30)15-19-20(24)8-4-9-21(19)25/h3-4,6,8-10,18H,5,7,11-15H2,1-2H3,(H,26,28)/t18-/m0/s1. The minimum absolute atomic E-state index is 0.147. The van der Waals surface area contributed by atoms with Crippen LogP contribution in [0.2, 0.25) is 10.0 Å². The number of benzene rings is 2. The molecule has 2 aromatic carbocycles. The Morgan fingerprint density at radius 1 is 1.16 bits per heavy atom. The largest absolute Gasteiger partial charge is 0.491 e. The van der Waals surface area contributed by atoms with E-state index in [1.165, 1.54) is 4.31 Å². The highest BCUT2D eigenvalue weighted by molar-refractivity contribution is 7.88. The van der Waals surface area contributed by atoms with Crippen molar-refractivity contribution in [3.63, 3.8) is 0 Å². The van der Waals surface area contributed by atoms with Gasteiger partial charge in [-0.2, -0.15) is 0 Å². The lowest BCUT2D eigenvalue weighted by Crippen LogP contribution is -2.46. The van der Waals surface area contributed by atoms with Gasteiger partial charge in [0.05, 0.1) is 18.2 Å². The molecule has 0 aromatic heterocycles. The van der Waals surface area contributed by atoms with Crippen LogP contribution in [0.1, 0.15) is 29.5 Å². The molecule has 174 valence electrons. The van der Waals surface area contributed by atoms with Crippen molar-refractivity contribution in [1.29, 1.82) is 0 Å². The van der Waals surface area contributed by atoms with Gasteiger partial charge in [0.1, 0.15) is 12.4 Å². The van der Waals surface area contributed by atoms with Crippen LogP contribution in [0.3, 0.4) is 0 Å². The Kier molecular flexibility index (Phi) is 8.44. The van der Waals surface area contributed by atoms with Crippen LogP contribution in [0, 0.1) is 19.8 Å². The van der Waals surface area contributed by atoms with Gasteiger partial charge in [-0.1, -0.05) is 41.4 Å². The van der Waals surface area contributed by atoms with Crippen molar-refractivity contribution in [2.75, 3.05) is 26.2 Å². The fraction of sp³-hybridized carbons (Fsp3) is 0.435. The molecule has 1 amide bonds. The van der Waals surface area contributed by atoms with Crippen LogP contribution in [0.5, 0.6) is 5.75 Å². The molecular formula is C23H28Cl2N2O4S. The molecule has 1 fully saturated rings. The molecule has 1 aliphatic rings. The van der Waals surface area contributed by atoms with E-state index in [1.54, 1.807) is 18.2 Å². The number of carbonyl (C=O) groups is 1. The quantitative estimate of drug-likeness (QED) is 0.549. The van der Waals surface area contributed by atoms with Crippen molar-refractivity contribution < 1.29 is 17.9 Å². The molecule has 32 heavy (non-hydrogen) atoms. The van der Waals surface area contributed by atoms with Gasteiger partial charge in [-0.15, -0.1) is 0 Å². The van der Waals surface area contributed by atoms with E-state index < -0.39 is 15.9 Å². The first-order valence-electron chi connectivity index (χ1n) is 10.6. The van der Waals surface area contributed by atoms with Crippen LogP contribution in [0.4, 0.5) is 0 Å². The Bertz CT molecular complexity index is 1060. The number of aryl methyl sites for hydroxylation is 1. The number of nitrogens with zero attached hydrogens (tertiary/aromatic N) is 1. The molecule has 0 spiro atoms. The van der Waals surface area contributed by atoms with Crippen LogP contribution < -0.4 is 10.1 Å². The molecule has 0 radical (unpaired) electrons. The number of nitrogens with one attached hydrogen (secondary N) is 1. The van der Waals surface area contributed by atoms with Gasteiger partial charge in [0.15, 0.2) is 0 Å². The summed E-state index contributed by atoms with van der Waals surface area (Å²) in [6.45, 7) is 5.24. The van der Waals surface area contributed by atoms with Gasteiger partial charge in [-0.25, -0.2) is 12.7 Å². The fourth-order valence-corrected chi connectivity index (χ4v) is 6.08. The molecule has 6 nitrogen and oxygen atoms in total. The van der Waals surface area contributed by atoms with Gasteiger partial charge in [0.2, 0.25) is 15.9 Å². The van der Waals surface area contributed by atoms with Gasteiger partial charge in [-0.3, -0.25) is 4.79 Å². The van der Waals surface area contributed by atoms with Crippen molar-refractivity contribution in [1.82, 2.24) is 9.62 Å². The summed E-state index contributed by atoms with van der Waals surface area (Å²) in [5.41, 5.74) is 2.60. The van der Waals surface area contributed by atoms with E-state index in [1.807, 2.05) is 32.0 Å². The third kappa shape index (κ3) is 6.16. The predicted molar refractivity (Wildman–Crippen MR) is 128 cm³/mol. The van der Waals surface area contributed by atoms with Crippen LogP contribution in [-0.4, -0.2) is 44.9 Å². The van der Waals surface area contributed by atoms with Crippen LogP contribution in [0.25, 0.3) is 0 Å². The molecule has 1 heterocycles. The Labute approximate surface area is 199 Å². The van der Waals surface area contributed by atoms with E-state index in [0.29, 0.717) is 48.1 Å². The molecule has 0 bridgehead atoms. The van der Waals surface area contributed by atoms with Crippen LogP contribution in [0.15, 0.2) is 36.4 Å². The normalized spacial score (nSPS) is 17.2. The van der Waals surface area contributed by atoms with Gasteiger partial charge < -0.3 is 10.1 Å². The molecule has 9 heteroatoms. The van der Waals surface area contributed by atoms with Crippen molar-refractivity contribution >= 4 is 39.1 Å². The summed E-state index contributed by atoms with van der Waals surface area (Å²) < 4.78 is 33.1. The summed E-state index contributed by atoms with van der Waals surface area (Å²) in [5, 5.41) is 3.50. The van der Waals surface area contributed by atoms with Crippen molar-refractivity contribution in [3.8, 4) is 5.75 Å².